The summed E-state index contributed by atoms with van der Waals surface area (Å²) >= 11 is 0. The largest absolute Gasteiger partial charge is 0.322 e. The summed E-state index contributed by atoms with van der Waals surface area (Å²) in [7, 11) is 0. The van der Waals surface area contributed by atoms with Gasteiger partial charge in [0, 0.05) is 0 Å². The van der Waals surface area contributed by atoms with Crippen LogP contribution in [0.5, 0.6) is 0 Å². The smallest absolute Gasteiger partial charge is 0.262 e. The average Bonchev–Trinajstić information content (AvgIpc) is 2.83. The van der Waals surface area contributed by atoms with Crippen LogP contribution >= 0.6 is 0 Å². The summed E-state index contributed by atoms with van der Waals surface area (Å²) < 4.78 is 13.8. The van der Waals surface area contributed by atoms with Crippen LogP contribution in [-0.4, -0.2) is 28.7 Å². The van der Waals surface area contributed by atoms with Gasteiger partial charge in [0.1, 0.15) is 11.9 Å². The van der Waals surface area contributed by atoms with Gasteiger partial charge < -0.3 is 5.32 Å². The quantitative estimate of drug-likeness (QED) is 0.870. The van der Waals surface area contributed by atoms with Crippen molar-refractivity contribution in [2.75, 3.05) is 5.32 Å². The van der Waals surface area contributed by atoms with E-state index in [9.17, 15) is 18.8 Å². The topological polar surface area (TPSA) is 66.5 Å². The Morgan fingerprint density at radius 1 is 0.960 bits per heavy atom. The van der Waals surface area contributed by atoms with Crippen LogP contribution in [0.15, 0.2) is 48.5 Å². The van der Waals surface area contributed by atoms with E-state index in [-0.39, 0.29) is 22.7 Å². The standard InChI is InChI=1S/C19H17FN2O3/c1-11(2)16(17(23)21-15-10-6-5-9-14(15)20)22-18(24)12-7-3-4-8-13(12)19(22)25/h3-11,16H,1-2H3,(H,21,23)/t16-/m1/s1. The van der Waals surface area contributed by atoms with Gasteiger partial charge in [0.05, 0.1) is 16.8 Å². The molecule has 0 bridgehead atoms. The highest BCUT2D eigenvalue weighted by molar-refractivity contribution is 6.23. The molecule has 128 valence electrons. The fraction of sp³-hybridized carbons (Fsp3) is 0.211. The number of anilines is 1. The first kappa shape index (κ1) is 16.8. The minimum atomic E-state index is -1.04. The van der Waals surface area contributed by atoms with Gasteiger partial charge in [-0.15, -0.1) is 0 Å². The van der Waals surface area contributed by atoms with Crippen LogP contribution in [0, 0.1) is 11.7 Å². The molecule has 0 radical (unpaired) electrons. The fourth-order valence-corrected chi connectivity index (χ4v) is 2.95. The Bertz CT molecular complexity index is 828. The van der Waals surface area contributed by atoms with Crippen molar-refractivity contribution >= 4 is 23.4 Å². The molecule has 1 heterocycles. The monoisotopic (exact) mass is 340 g/mol. The third-order valence-corrected chi connectivity index (χ3v) is 4.14. The van der Waals surface area contributed by atoms with Crippen molar-refractivity contribution in [3.05, 3.63) is 65.5 Å². The molecule has 1 aliphatic heterocycles. The summed E-state index contributed by atoms with van der Waals surface area (Å²) in [5.41, 5.74) is 0.559. The lowest BCUT2D eigenvalue weighted by Gasteiger charge is -2.28. The van der Waals surface area contributed by atoms with Crippen molar-refractivity contribution in [2.24, 2.45) is 5.92 Å². The number of rotatable bonds is 4. The Balaban J connectivity index is 1.92. The lowest BCUT2D eigenvalue weighted by molar-refractivity contribution is -0.121. The number of halogens is 1. The fourth-order valence-electron chi connectivity index (χ4n) is 2.95. The first-order valence-corrected chi connectivity index (χ1v) is 7.94. The number of imide groups is 1. The minimum absolute atomic E-state index is 0.00904. The number of nitrogens with one attached hydrogen (secondary N) is 1. The van der Waals surface area contributed by atoms with Gasteiger partial charge in [-0.3, -0.25) is 19.3 Å². The van der Waals surface area contributed by atoms with E-state index in [1.807, 2.05) is 0 Å². The number of fused-ring (bicyclic) bond motifs is 1. The first-order chi connectivity index (χ1) is 11.9. The van der Waals surface area contributed by atoms with Crippen LogP contribution in [0.2, 0.25) is 0 Å². The second-order valence-electron chi connectivity index (χ2n) is 6.18. The van der Waals surface area contributed by atoms with Crippen molar-refractivity contribution in [3.63, 3.8) is 0 Å². The van der Waals surface area contributed by atoms with E-state index in [1.165, 1.54) is 18.2 Å². The zero-order valence-corrected chi connectivity index (χ0v) is 13.8. The van der Waals surface area contributed by atoms with Gasteiger partial charge in [-0.1, -0.05) is 38.1 Å². The molecule has 25 heavy (non-hydrogen) atoms. The predicted molar refractivity (Wildman–Crippen MR) is 90.6 cm³/mol. The molecule has 3 amide bonds. The number of para-hydroxylation sites is 1. The molecule has 5 nitrogen and oxygen atoms in total. The van der Waals surface area contributed by atoms with E-state index in [4.69, 9.17) is 0 Å². The van der Waals surface area contributed by atoms with Crippen LogP contribution in [0.1, 0.15) is 34.6 Å². The van der Waals surface area contributed by atoms with Crippen LogP contribution in [0.25, 0.3) is 0 Å². The van der Waals surface area contributed by atoms with E-state index in [0.29, 0.717) is 0 Å². The number of amides is 3. The van der Waals surface area contributed by atoms with Gasteiger partial charge >= 0.3 is 0 Å². The molecule has 3 rings (SSSR count). The highest BCUT2D eigenvalue weighted by Crippen LogP contribution is 2.28. The highest BCUT2D eigenvalue weighted by Gasteiger charge is 2.43. The van der Waals surface area contributed by atoms with Gasteiger partial charge in [0.25, 0.3) is 11.8 Å². The molecule has 1 aliphatic rings. The van der Waals surface area contributed by atoms with Crippen LogP contribution < -0.4 is 5.32 Å². The maximum Gasteiger partial charge on any atom is 0.262 e. The third kappa shape index (κ3) is 2.91. The summed E-state index contributed by atoms with van der Waals surface area (Å²) in [5.74, 6) is -2.55. The molecule has 0 saturated carbocycles. The Labute approximate surface area is 144 Å². The maximum atomic E-state index is 13.8. The molecule has 0 saturated heterocycles. The van der Waals surface area contributed by atoms with E-state index >= 15 is 0 Å². The number of hydrogen-bond acceptors (Lipinski definition) is 3. The summed E-state index contributed by atoms with van der Waals surface area (Å²) in [6.07, 6.45) is 0. The van der Waals surface area contributed by atoms with Crippen molar-refractivity contribution in [1.82, 2.24) is 4.90 Å². The molecular weight excluding hydrogens is 323 g/mol. The van der Waals surface area contributed by atoms with E-state index in [2.05, 4.69) is 5.32 Å². The summed E-state index contributed by atoms with van der Waals surface area (Å²) in [5, 5.41) is 2.48. The molecule has 1 N–H and O–H groups in total. The second kappa shape index (κ2) is 6.47. The molecular formula is C19H17FN2O3. The van der Waals surface area contributed by atoms with E-state index < -0.39 is 29.6 Å². The lowest BCUT2D eigenvalue weighted by atomic mass is 10.0. The van der Waals surface area contributed by atoms with Crippen LogP contribution in [0.4, 0.5) is 10.1 Å². The summed E-state index contributed by atoms with van der Waals surface area (Å²) in [6, 6.07) is 11.2. The zero-order valence-electron chi connectivity index (χ0n) is 13.8. The molecule has 2 aromatic carbocycles. The third-order valence-electron chi connectivity index (χ3n) is 4.14. The van der Waals surface area contributed by atoms with Crippen molar-refractivity contribution < 1.29 is 18.8 Å². The number of benzene rings is 2. The number of carbonyl (C=O) groups excluding carboxylic acids is 3. The van der Waals surface area contributed by atoms with Gasteiger partial charge in [-0.25, -0.2) is 4.39 Å². The molecule has 0 unspecified atom stereocenters. The number of hydrogen-bond donors (Lipinski definition) is 1. The van der Waals surface area contributed by atoms with Crippen LogP contribution in [-0.2, 0) is 4.79 Å². The Morgan fingerprint density at radius 3 is 2.00 bits per heavy atom. The Kier molecular flexibility index (Phi) is 4.35. The van der Waals surface area contributed by atoms with Crippen molar-refractivity contribution in [2.45, 2.75) is 19.9 Å². The Morgan fingerprint density at radius 2 is 1.48 bits per heavy atom. The normalized spacial score (nSPS) is 14.6. The molecule has 6 heteroatoms. The first-order valence-electron chi connectivity index (χ1n) is 7.94. The summed E-state index contributed by atoms with van der Waals surface area (Å²) in [6.45, 7) is 3.46. The van der Waals surface area contributed by atoms with E-state index in [0.717, 1.165) is 4.90 Å². The molecule has 0 spiro atoms. The molecule has 0 aliphatic carbocycles. The zero-order chi connectivity index (χ0) is 18.1. The lowest BCUT2D eigenvalue weighted by Crippen LogP contribution is -2.50. The van der Waals surface area contributed by atoms with Gasteiger partial charge in [-0.2, -0.15) is 0 Å². The molecule has 0 fully saturated rings. The maximum absolute atomic E-state index is 13.8. The number of nitrogens with zero attached hydrogens (tertiary/aromatic N) is 1. The van der Waals surface area contributed by atoms with Crippen LogP contribution in [0.3, 0.4) is 0 Å². The van der Waals surface area contributed by atoms with Crippen molar-refractivity contribution in [1.29, 1.82) is 0 Å². The van der Waals surface area contributed by atoms with E-state index in [1.54, 1.807) is 44.2 Å². The van der Waals surface area contributed by atoms with Gasteiger partial charge in [0.15, 0.2) is 0 Å². The molecule has 0 aromatic heterocycles. The predicted octanol–water partition coefficient (Wildman–Crippen LogP) is 3.09. The minimum Gasteiger partial charge on any atom is -0.322 e. The highest BCUT2D eigenvalue weighted by atomic mass is 19.1. The van der Waals surface area contributed by atoms with Gasteiger partial charge in [0.2, 0.25) is 5.91 Å². The molecule has 1 atom stereocenters. The van der Waals surface area contributed by atoms with Gasteiger partial charge in [-0.05, 0) is 30.2 Å². The second-order valence-corrected chi connectivity index (χ2v) is 6.18. The van der Waals surface area contributed by atoms with Crippen molar-refractivity contribution in [3.8, 4) is 0 Å². The number of carbonyl (C=O) groups is 3. The summed E-state index contributed by atoms with van der Waals surface area (Å²) in [4.78, 5) is 38.9. The molecule has 2 aromatic rings. The average molecular weight is 340 g/mol. The Hall–Kier alpha value is -3.02. The SMILES string of the molecule is CC(C)[C@H](C(=O)Nc1ccccc1F)N1C(=O)c2ccccc2C1=O.